The molecule has 0 spiro atoms. The second kappa shape index (κ2) is 41.2. The molecule has 0 aliphatic carbocycles. The lowest BCUT2D eigenvalue weighted by molar-refractivity contribution is -0.137. The van der Waals surface area contributed by atoms with E-state index in [2.05, 4.69) is 37.2 Å². The lowest BCUT2D eigenvalue weighted by Gasteiger charge is -2.28. The average Bonchev–Trinajstić information content (AvgIpc) is 3.57. The zero-order chi connectivity index (χ0) is 62.7. The minimum atomic E-state index is -1.35. The van der Waals surface area contributed by atoms with E-state index in [0.29, 0.717) is 64.5 Å². The van der Waals surface area contributed by atoms with Gasteiger partial charge in [0.2, 0.25) is 41.4 Å². The molecule has 7 amide bonds. The van der Waals surface area contributed by atoms with Gasteiger partial charge < -0.3 is 53.2 Å². The molecule has 21 nitrogen and oxygen atoms in total. The number of hydrogen-bond acceptors (Lipinski definition) is 14. The van der Waals surface area contributed by atoms with Crippen LogP contribution in [0.2, 0.25) is 0 Å². The third-order valence-corrected chi connectivity index (χ3v) is 15.4. The molecular weight excluding hydrogens is 1080 g/mol. The van der Waals surface area contributed by atoms with Gasteiger partial charge in [0.25, 0.3) is 0 Å². The molecule has 0 bridgehead atoms. The Morgan fingerprint density at radius 2 is 1.20 bits per heavy atom. The summed E-state index contributed by atoms with van der Waals surface area (Å²) in [5.74, 6) is -10.8. The second-order valence-electron chi connectivity index (χ2n) is 23.5. The number of nitrogens with two attached hydrogens (primary N) is 1. The second-order valence-corrected chi connectivity index (χ2v) is 23.5. The number of Topliss-reactive ketones (excluding diaryl/α,β-unsaturated/α-hetero) is 4. The van der Waals surface area contributed by atoms with Crippen molar-refractivity contribution in [2.45, 2.75) is 245 Å². The number of rotatable bonds is 32. The SMILES string of the molecule is CCC[C@@H]1NC(=O)[C@@H](CC(=O)[C@H](CCC)NC(=O)[C@@H](CC(=O)CCCCCNC(=O)CCCCCN)[C@@H](C)O)CCNC(=O)[C@H]([C@@H](C)O)CC(=O)[C@H](CCC)NC(=O)[C@H](CCC)NC(=O)[C@H](CC(C)C)NC(=O)[C@@H](Cc2ccccc2)CC1=O. The lowest BCUT2D eigenvalue weighted by atomic mass is 9.88. The van der Waals surface area contributed by atoms with Crippen LogP contribution in [0.4, 0.5) is 0 Å². The van der Waals surface area contributed by atoms with Crippen LogP contribution in [0.15, 0.2) is 30.3 Å². The summed E-state index contributed by atoms with van der Waals surface area (Å²) in [6.07, 6.45) is 3.14. The van der Waals surface area contributed by atoms with E-state index in [0.717, 1.165) is 24.8 Å². The highest BCUT2D eigenvalue weighted by atomic mass is 16.3. The number of ketones is 4. The summed E-state index contributed by atoms with van der Waals surface area (Å²) in [5.41, 5.74) is 6.25. The van der Waals surface area contributed by atoms with E-state index >= 15 is 0 Å². The van der Waals surface area contributed by atoms with Gasteiger partial charge in [0.1, 0.15) is 17.9 Å². The molecule has 474 valence electrons. The molecule has 21 heteroatoms. The standard InChI is InChI=1S/C63H104N8O13/c1-9-22-49-55(76)37-45(35-43-26-16-13-17-27-43)59(80)71-53(34-40(5)6)63(84)70-52(25-12-4)62(83)69-51(24-11-3)56(77)39-48(42(8)73)60(81)66-33-30-44(58(79)67-49)36-54(75)50(23-10-2)68-61(82)47(41(7)72)38-46(74)28-18-15-21-32-65-57(78)29-19-14-20-31-64/h13,16-17,26-27,40-42,44-45,47-53,72-73H,9-12,14-15,18-25,28-39,64H2,1-8H3,(H,65,78)(H,66,81)(H,67,79)(H,68,82)(H,69,83)(H,70,84)(H,71,80)/t41-,42-,44-,45+,47+,48+,49+,50+,51+,52+,53+/m1/s1. The van der Waals surface area contributed by atoms with Crippen molar-refractivity contribution in [1.29, 1.82) is 0 Å². The Balaban J connectivity index is 2.57. The summed E-state index contributed by atoms with van der Waals surface area (Å²) in [7, 11) is 0. The van der Waals surface area contributed by atoms with Crippen LogP contribution in [0.3, 0.4) is 0 Å². The Morgan fingerprint density at radius 1 is 0.643 bits per heavy atom. The Morgan fingerprint density at radius 3 is 1.80 bits per heavy atom. The highest BCUT2D eigenvalue weighted by molar-refractivity contribution is 5.98. The van der Waals surface area contributed by atoms with Gasteiger partial charge in [0, 0.05) is 63.5 Å². The first-order valence-corrected chi connectivity index (χ1v) is 31.3. The number of aliphatic hydroxyl groups excluding tert-OH is 2. The molecule has 84 heavy (non-hydrogen) atoms. The normalized spacial score (nSPS) is 22.5. The monoisotopic (exact) mass is 1180 g/mol. The minimum Gasteiger partial charge on any atom is -0.393 e. The number of carbonyl (C=O) groups excluding carboxylic acids is 11. The summed E-state index contributed by atoms with van der Waals surface area (Å²) in [4.78, 5) is 154. The van der Waals surface area contributed by atoms with Gasteiger partial charge in [-0.05, 0) is 103 Å². The number of benzene rings is 1. The molecular formula is C63H104N8O13. The van der Waals surface area contributed by atoms with E-state index in [-0.39, 0.29) is 88.4 Å². The fourth-order valence-electron chi connectivity index (χ4n) is 10.4. The van der Waals surface area contributed by atoms with Crippen molar-refractivity contribution in [1.82, 2.24) is 37.2 Å². The Labute approximate surface area is 499 Å². The Kier molecular flexibility index (Phi) is 36.4. The first kappa shape index (κ1) is 74.2. The molecule has 1 saturated heterocycles. The van der Waals surface area contributed by atoms with Crippen molar-refractivity contribution in [3.63, 3.8) is 0 Å². The molecule has 1 aromatic rings. The zero-order valence-corrected chi connectivity index (χ0v) is 51.7. The maximum atomic E-state index is 14.7. The third kappa shape index (κ3) is 28.3. The molecule has 11 N–H and O–H groups in total. The predicted molar refractivity (Wildman–Crippen MR) is 321 cm³/mol. The van der Waals surface area contributed by atoms with Gasteiger partial charge in [-0.3, -0.25) is 52.7 Å². The quantitative estimate of drug-likeness (QED) is 0.0438. The van der Waals surface area contributed by atoms with Crippen LogP contribution in [0.25, 0.3) is 0 Å². The first-order chi connectivity index (χ1) is 40.0. The Hall–Kier alpha value is -5.93. The van der Waals surface area contributed by atoms with Crippen molar-refractivity contribution in [2.75, 3.05) is 19.6 Å². The molecule has 0 unspecified atom stereocenters. The van der Waals surface area contributed by atoms with Crippen LogP contribution >= 0.6 is 0 Å². The highest BCUT2D eigenvalue weighted by Crippen LogP contribution is 2.22. The van der Waals surface area contributed by atoms with Gasteiger partial charge in [-0.15, -0.1) is 0 Å². The Bertz CT molecular complexity index is 2240. The van der Waals surface area contributed by atoms with E-state index in [1.165, 1.54) is 13.8 Å². The van der Waals surface area contributed by atoms with E-state index in [1.54, 1.807) is 31.2 Å². The fourth-order valence-corrected chi connectivity index (χ4v) is 10.4. The lowest BCUT2D eigenvalue weighted by Crippen LogP contribution is -2.56. The largest absolute Gasteiger partial charge is 0.393 e. The molecule has 11 atom stereocenters. The van der Waals surface area contributed by atoms with Crippen LogP contribution in [-0.4, -0.2) is 137 Å². The van der Waals surface area contributed by atoms with Crippen molar-refractivity contribution in [2.24, 2.45) is 35.3 Å². The van der Waals surface area contributed by atoms with E-state index in [4.69, 9.17) is 5.73 Å². The summed E-state index contributed by atoms with van der Waals surface area (Å²) in [5, 5.41) is 41.3. The maximum Gasteiger partial charge on any atom is 0.243 e. The summed E-state index contributed by atoms with van der Waals surface area (Å²) in [6.45, 7) is 14.5. The van der Waals surface area contributed by atoms with Crippen LogP contribution in [0, 0.1) is 29.6 Å². The number of unbranched alkanes of at least 4 members (excludes halogenated alkanes) is 4. The van der Waals surface area contributed by atoms with Gasteiger partial charge in [-0.1, -0.05) is 110 Å². The van der Waals surface area contributed by atoms with Gasteiger partial charge in [0.15, 0.2) is 17.3 Å². The number of aliphatic hydroxyl groups is 2. The average molecular weight is 1180 g/mol. The molecule has 1 aliphatic heterocycles. The fraction of sp³-hybridized carbons (Fsp3) is 0.730. The zero-order valence-electron chi connectivity index (χ0n) is 51.7. The van der Waals surface area contributed by atoms with Crippen LogP contribution < -0.4 is 43.0 Å². The van der Waals surface area contributed by atoms with Crippen LogP contribution in [0.5, 0.6) is 0 Å². The third-order valence-electron chi connectivity index (χ3n) is 15.4. The predicted octanol–water partition coefficient (Wildman–Crippen LogP) is 4.68. The topological polar surface area (TPSA) is 338 Å². The molecule has 2 rings (SSSR count). The molecule has 1 aliphatic rings. The van der Waals surface area contributed by atoms with Gasteiger partial charge >= 0.3 is 0 Å². The van der Waals surface area contributed by atoms with Crippen molar-refractivity contribution >= 4 is 64.5 Å². The van der Waals surface area contributed by atoms with Gasteiger partial charge in [0.05, 0.1) is 42.2 Å². The first-order valence-electron chi connectivity index (χ1n) is 31.3. The number of carbonyl (C=O) groups is 11. The molecule has 0 saturated carbocycles. The maximum absolute atomic E-state index is 14.7. The summed E-state index contributed by atoms with van der Waals surface area (Å²) in [6, 6.07) is 3.36. The molecule has 0 radical (unpaired) electrons. The smallest absolute Gasteiger partial charge is 0.243 e. The van der Waals surface area contributed by atoms with Gasteiger partial charge in [-0.2, -0.15) is 0 Å². The number of nitrogens with one attached hydrogen (secondary N) is 7. The van der Waals surface area contributed by atoms with E-state index in [1.807, 2.05) is 40.7 Å². The molecule has 1 heterocycles. The molecule has 1 fully saturated rings. The van der Waals surface area contributed by atoms with Gasteiger partial charge in [-0.25, -0.2) is 0 Å². The van der Waals surface area contributed by atoms with Crippen molar-refractivity contribution < 1.29 is 63.0 Å². The molecule has 0 aromatic heterocycles. The van der Waals surface area contributed by atoms with Crippen molar-refractivity contribution in [3.05, 3.63) is 35.9 Å². The van der Waals surface area contributed by atoms with E-state index in [9.17, 15) is 63.0 Å². The molecule has 1 aromatic carbocycles. The summed E-state index contributed by atoms with van der Waals surface area (Å²) >= 11 is 0. The number of amides is 7. The van der Waals surface area contributed by atoms with Crippen LogP contribution in [-0.2, 0) is 59.2 Å². The highest BCUT2D eigenvalue weighted by Gasteiger charge is 2.37. The van der Waals surface area contributed by atoms with Crippen LogP contribution in [0.1, 0.15) is 202 Å². The van der Waals surface area contributed by atoms with Crippen molar-refractivity contribution in [3.8, 4) is 0 Å². The summed E-state index contributed by atoms with van der Waals surface area (Å²) < 4.78 is 0. The minimum absolute atomic E-state index is 0.0365. The van der Waals surface area contributed by atoms with E-state index < -0.39 is 132 Å². The number of hydrogen-bond donors (Lipinski definition) is 10.